The molecule has 0 saturated heterocycles. The second-order valence-corrected chi connectivity index (χ2v) is 6.60. The van der Waals surface area contributed by atoms with E-state index in [0.29, 0.717) is 6.04 Å². The standard InChI is InChI=1S/C12H21BrN2OS/c1-9-6-11(17-12(9)13)8-15-10(2)7-14-4-5-16-3/h6,10,14-15H,4-5,7-8H2,1-3H3. The van der Waals surface area contributed by atoms with Gasteiger partial charge in [0.25, 0.3) is 0 Å². The Hall–Kier alpha value is 0.0600. The number of aryl methyl sites for hydroxylation is 1. The Kier molecular flexibility index (Phi) is 7.30. The third-order valence-corrected chi connectivity index (χ3v) is 4.60. The first-order chi connectivity index (χ1) is 8.13. The van der Waals surface area contributed by atoms with Gasteiger partial charge in [-0.05, 0) is 41.4 Å². The molecule has 0 spiro atoms. The van der Waals surface area contributed by atoms with Crippen LogP contribution in [0.4, 0.5) is 0 Å². The van der Waals surface area contributed by atoms with Crippen LogP contribution in [0, 0.1) is 6.92 Å². The lowest BCUT2D eigenvalue weighted by Gasteiger charge is -2.13. The number of hydrogen-bond acceptors (Lipinski definition) is 4. The van der Waals surface area contributed by atoms with Gasteiger partial charge in [-0.2, -0.15) is 0 Å². The zero-order valence-electron chi connectivity index (χ0n) is 10.7. The fourth-order valence-corrected chi connectivity index (χ4v) is 3.03. The summed E-state index contributed by atoms with van der Waals surface area (Å²) in [5, 5.41) is 6.85. The van der Waals surface area contributed by atoms with Crippen molar-refractivity contribution in [3.8, 4) is 0 Å². The summed E-state index contributed by atoms with van der Waals surface area (Å²) in [5.74, 6) is 0. The Balaban J connectivity index is 2.17. The van der Waals surface area contributed by atoms with E-state index in [9.17, 15) is 0 Å². The van der Waals surface area contributed by atoms with Crippen molar-refractivity contribution in [1.29, 1.82) is 0 Å². The Bertz CT molecular complexity index is 311. The molecule has 1 heterocycles. The third-order valence-electron chi connectivity index (χ3n) is 2.47. The van der Waals surface area contributed by atoms with Crippen LogP contribution in [0.2, 0.25) is 0 Å². The van der Waals surface area contributed by atoms with Crippen LogP contribution in [0.3, 0.4) is 0 Å². The molecule has 0 fully saturated rings. The molecule has 1 rings (SSSR count). The quantitative estimate of drug-likeness (QED) is 0.722. The minimum atomic E-state index is 0.466. The summed E-state index contributed by atoms with van der Waals surface area (Å²) < 4.78 is 6.22. The molecule has 1 unspecified atom stereocenters. The second kappa shape index (κ2) is 8.21. The Morgan fingerprint density at radius 3 is 2.88 bits per heavy atom. The van der Waals surface area contributed by atoms with Crippen molar-refractivity contribution in [2.75, 3.05) is 26.8 Å². The van der Waals surface area contributed by atoms with E-state index in [4.69, 9.17) is 4.74 Å². The molecule has 3 nitrogen and oxygen atoms in total. The minimum Gasteiger partial charge on any atom is -0.383 e. The van der Waals surface area contributed by atoms with Crippen molar-refractivity contribution < 1.29 is 4.74 Å². The van der Waals surface area contributed by atoms with Gasteiger partial charge in [0, 0.05) is 37.7 Å². The summed E-state index contributed by atoms with van der Waals surface area (Å²) >= 11 is 5.35. The van der Waals surface area contributed by atoms with Gasteiger partial charge in [0.2, 0.25) is 0 Å². The summed E-state index contributed by atoms with van der Waals surface area (Å²) in [4.78, 5) is 1.37. The van der Waals surface area contributed by atoms with Crippen LogP contribution in [0.25, 0.3) is 0 Å². The van der Waals surface area contributed by atoms with Gasteiger partial charge in [0.15, 0.2) is 0 Å². The van der Waals surface area contributed by atoms with Crippen molar-refractivity contribution >= 4 is 27.3 Å². The van der Waals surface area contributed by atoms with Crippen LogP contribution in [0.5, 0.6) is 0 Å². The predicted octanol–water partition coefficient (Wildman–Crippen LogP) is 2.53. The summed E-state index contributed by atoms with van der Waals surface area (Å²) in [6, 6.07) is 2.69. The molecule has 0 aliphatic carbocycles. The van der Waals surface area contributed by atoms with Crippen LogP contribution in [-0.4, -0.2) is 32.8 Å². The molecule has 1 atom stereocenters. The first-order valence-electron chi connectivity index (χ1n) is 5.81. The number of ether oxygens (including phenoxy) is 1. The average Bonchev–Trinajstić information content (AvgIpc) is 2.62. The Morgan fingerprint density at radius 2 is 2.29 bits per heavy atom. The number of halogens is 1. The number of hydrogen-bond donors (Lipinski definition) is 2. The van der Waals surface area contributed by atoms with Crippen LogP contribution >= 0.6 is 27.3 Å². The maximum Gasteiger partial charge on any atom is 0.0730 e. The lowest BCUT2D eigenvalue weighted by molar-refractivity contribution is 0.198. The van der Waals surface area contributed by atoms with Crippen LogP contribution < -0.4 is 10.6 Å². The van der Waals surface area contributed by atoms with Gasteiger partial charge in [0.1, 0.15) is 0 Å². The average molecular weight is 321 g/mol. The van der Waals surface area contributed by atoms with Gasteiger partial charge in [-0.1, -0.05) is 0 Å². The summed E-state index contributed by atoms with van der Waals surface area (Å²) in [7, 11) is 1.72. The van der Waals surface area contributed by atoms with E-state index in [2.05, 4.69) is 46.5 Å². The molecule has 0 amide bonds. The monoisotopic (exact) mass is 320 g/mol. The van der Waals surface area contributed by atoms with Crippen molar-refractivity contribution in [2.24, 2.45) is 0 Å². The number of thiophene rings is 1. The first-order valence-corrected chi connectivity index (χ1v) is 7.42. The zero-order valence-corrected chi connectivity index (χ0v) is 13.1. The van der Waals surface area contributed by atoms with Crippen molar-refractivity contribution in [2.45, 2.75) is 26.4 Å². The molecule has 0 aromatic carbocycles. The molecular formula is C12H21BrN2OS. The summed E-state index contributed by atoms with van der Waals surface area (Å²) in [5.41, 5.74) is 1.32. The van der Waals surface area contributed by atoms with E-state index in [-0.39, 0.29) is 0 Å². The van der Waals surface area contributed by atoms with Crippen LogP contribution in [0.15, 0.2) is 9.85 Å². The molecule has 2 N–H and O–H groups in total. The van der Waals surface area contributed by atoms with Gasteiger partial charge >= 0.3 is 0 Å². The highest BCUT2D eigenvalue weighted by atomic mass is 79.9. The van der Waals surface area contributed by atoms with Gasteiger partial charge in [-0.25, -0.2) is 0 Å². The van der Waals surface area contributed by atoms with Crippen molar-refractivity contribution in [3.05, 3.63) is 20.3 Å². The SMILES string of the molecule is COCCNCC(C)NCc1cc(C)c(Br)s1. The van der Waals surface area contributed by atoms with Crippen molar-refractivity contribution in [1.82, 2.24) is 10.6 Å². The Morgan fingerprint density at radius 1 is 1.53 bits per heavy atom. The number of methoxy groups -OCH3 is 1. The fraction of sp³-hybridized carbons (Fsp3) is 0.667. The van der Waals surface area contributed by atoms with E-state index >= 15 is 0 Å². The maximum atomic E-state index is 4.98. The molecule has 98 valence electrons. The first kappa shape index (κ1) is 15.1. The molecule has 1 aromatic rings. The van der Waals surface area contributed by atoms with E-state index < -0.39 is 0 Å². The molecule has 0 saturated carbocycles. The van der Waals surface area contributed by atoms with Gasteiger partial charge < -0.3 is 15.4 Å². The van der Waals surface area contributed by atoms with Crippen molar-refractivity contribution in [3.63, 3.8) is 0 Å². The van der Waals surface area contributed by atoms with Crippen LogP contribution in [-0.2, 0) is 11.3 Å². The summed E-state index contributed by atoms with van der Waals surface area (Å²) in [6.45, 7) is 7.89. The highest BCUT2D eigenvalue weighted by Gasteiger charge is 2.05. The number of rotatable bonds is 8. The van der Waals surface area contributed by atoms with Gasteiger partial charge in [-0.15, -0.1) is 11.3 Å². The zero-order chi connectivity index (χ0) is 12.7. The third kappa shape index (κ3) is 5.97. The highest BCUT2D eigenvalue weighted by Crippen LogP contribution is 2.27. The van der Waals surface area contributed by atoms with E-state index in [1.54, 1.807) is 18.4 Å². The van der Waals surface area contributed by atoms with E-state index in [1.807, 2.05) is 0 Å². The lowest BCUT2D eigenvalue weighted by atomic mass is 10.3. The fourth-order valence-electron chi connectivity index (χ4n) is 1.45. The largest absolute Gasteiger partial charge is 0.383 e. The normalized spacial score (nSPS) is 12.9. The molecule has 5 heteroatoms. The number of nitrogens with one attached hydrogen (secondary N) is 2. The molecule has 1 aromatic heterocycles. The molecule has 0 aliphatic rings. The molecule has 17 heavy (non-hydrogen) atoms. The predicted molar refractivity (Wildman–Crippen MR) is 77.8 cm³/mol. The highest BCUT2D eigenvalue weighted by molar-refractivity contribution is 9.11. The minimum absolute atomic E-state index is 0.466. The summed E-state index contributed by atoms with van der Waals surface area (Å²) in [6.07, 6.45) is 0. The van der Waals surface area contributed by atoms with Crippen LogP contribution in [0.1, 0.15) is 17.4 Å². The second-order valence-electron chi connectivity index (χ2n) is 4.15. The van der Waals surface area contributed by atoms with E-state index in [1.165, 1.54) is 14.2 Å². The molecule has 0 bridgehead atoms. The van der Waals surface area contributed by atoms with Gasteiger partial charge in [0.05, 0.1) is 10.4 Å². The lowest BCUT2D eigenvalue weighted by Crippen LogP contribution is -2.36. The van der Waals surface area contributed by atoms with Gasteiger partial charge in [-0.3, -0.25) is 0 Å². The molecule has 0 radical (unpaired) electrons. The molecule has 0 aliphatic heterocycles. The smallest absolute Gasteiger partial charge is 0.0730 e. The molecular weight excluding hydrogens is 300 g/mol. The topological polar surface area (TPSA) is 33.3 Å². The Labute approximate surface area is 116 Å². The maximum absolute atomic E-state index is 4.98. The van der Waals surface area contributed by atoms with E-state index in [0.717, 1.165) is 26.2 Å².